The number of hydrogen-bond acceptors (Lipinski definition) is 2. The second-order valence-corrected chi connectivity index (χ2v) is 7.80. The van der Waals surface area contributed by atoms with Crippen molar-refractivity contribution in [2.45, 2.75) is 52.4 Å². The van der Waals surface area contributed by atoms with E-state index in [0.717, 1.165) is 44.8 Å². The molecule has 1 N–H and O–H groups in total. The van der Waals surface area contributed by atoms with Crippen molar-refractivity contribution >= 4 is 5.91 Å². The Morgan fingerprint density at radius 2 is 1.95 bits per heavy atom. The molecule has 3 fully saturated rings. The van der Waals surface area contributed by atoms with E-state index in [4.69, 9.17) is 0 Å². The summed E-state index contributed by atoms with van der Waals surface area (Å²) >= 11 is 0. The third-order valence-corrected chi connectivity index (χ3v) is 5.80. The predicted molar refractivity (Wildman–Crippen MR) is 81.4 cm³/mol. The van der Waals surface area contributed by atoms with Gasteiger partial charge in [-0.1, -0.05) is 26.7 Å². The molecular formula is C17H30N2O. The Morgan fingerprint density at radius 3 is 2.65 bits per heavy atom. The summed E-state index contributed by atoms with van der Waals surface area (Å²) in [5.41, 5.74) is -0.00691. The highest BCUT2D eigenvalue weighted by atomic mass is 16.2. The summed E-state index contributed by atoms with van der Waals surface area (Å²) in [6, 6.07) is 0. The van der Waals surface area contributed by atoms with Gasteiger partial charge in [0.05, 0.1) is 0 Å². The number of nitrogens with one attached hydrogen (secondary N) is 1. The van der Waals surface area contributed by atoms with Crippen molar-refractivity contribution in [2.75, 3.05) is 26.2 Å². The SMILES string of the molecule is CC(C)CC1(C(=O)N2CCC3CNCC3C2)CCCC1. The summed E-state index contributed by atoms with van der Waals surface area (Å²) in [6.45, 7) is 8.83. The number of carbonyl (C=O) groups is 1. The molecular weight excluding hydrogens is 248 g/mol. The van der Waals surface area contributed by atoms with E-state index in [0.29, 0.717) is 17.7 Å². The Kier molecular flexibility index (Phi) is 4.07. The number of fused-ring (bicyclic) bond motifs is 1. The molecule has 3 aliphatic rings. The van der Waals surface area contributed by atoms with E-state index < -0.39 is 0 Å². The summed E-state index contributed by atoms with van der Waals surface area (Å²) in [6.07, 6.45) is 7.06. The maximum Gasteiger partial charge on any atom is 0.228 e. The molecule has 0 spiro atoms. The highest BCUT2D eigenvalue weighted by Gasteiger charge is 2.45. The number of likely N-dealkylation sites (tertiary alicyclic amines) is 1. The molecule has 2 unspecified atom stereocenters. The van der Waals surface area contributed by atoms with Gasteiger partial charge in [-0.05, 0) is 56.5 Å². The third-order valence-electron chi connectivity index (χ3n) is 5.80. The van der Waals surface area contributed by atoms with Crippen LogP contribution in [-0.4, -0.2) is 37.0 Å². The summed E-state index contributed by atoms with van der Waals surface area (Å²) in [4.78, 5) is 15.4. The van der Waals surface area contributed by atoms with Crippen LogP contribution in [0.2, 0.25) is 0 Å². The molecule has 114 valence electrons. The molecule has 1 saturated carbocycles. The van der Waals surface area contributed by atoms with Gasteiger partial charge < -0.3 is 10.2 Å². The highest BCUT2D eigenvalue weighted by molar-refractivity contribution is 5.83. The highest BCUT2D eigenvalue weighted by Crippen LogP contribution is 2.45. The normalized spacial score (nSPS) is 32.6. The largest absolute Gasteiger partial charge is 0.342 e. The van der Waals surface area contributed by atoms with Crippen LogP contribution in [0, 0.1) is 23.2 Å². The summed E-state index contributed by atoms with van der Waals surface area (Å²) in [5.74, 6) is 2.66. The van der Waals surface area contributed by atoms with Crippen molar-refractivity contribution in [1.29, 1.82) is 0 Å². The average molecular weight is 278 g/mol. The molecule has 2 atom stereocenters. The zero-order valence-corrected chi connectivity index (χ0v) is 13.2. The molecule has 20 heavy (non-hydrogen) atoms. The van der Waals surface area contributed by atoms with E-state index in [2.05, 4.69) is 24.1 Å². The van der Waals surface area contributed by atoms with Gasteiger partial charge in [-0.3, -0.25) is 4.79 Å². The Morgan fingerprint density at radius 1 is 1.25 bits per heavy atom. The van der Waals surface area contributed by atoms with Gasteiger partial charge in [0, 0.05) is 18.5 Å². The van der Waals surface area contributed by atoms with Crippen molar-refractivity contribution in [2.24, 2.45) is 23.2 Å². The van der Waals surface area contributed by atoms with E-state index in [1.807, 2.05) is 0 Å². The number of rotatable bonds is 3. The van der Waals surface area contributed by atoms with E-state index in [1.165, 1.54) is 25.8 Å². The first kappa shape index (κ1) is 14.4. The van der Waals surface area contributed by atoms with E-state index in [1.54, 1.807) is 0 Å². The van der Waals surface area contributed by atoms with Crippen molar-refractivity contribution < 1.29 is 4.79 Å². The predicted octanol–water partition coefficient (Wildman–Crippen LogP) is 2.66. The minimum absolute atomic E-state index is 0.00691. The fourth-order valence-electron chi connectivity index (χ4n) is 4.89. The standard InChI is InChI=1S/C17H30N2O/c1-13(2)9-17(6-3-4-7-17)16(20)19-8-5-14-10-18-11-15(14)12-19/h13-15,18H,3-12H2,1-2H3. The lowest BCUT2D eigenvalue weighted by atomic mass is 9.76. The van der Waals surface area contributed by atoms with Crippen LogP contribution in [0.5, 0.6) is 0 Å². The fourth-order valence-corrected chi connectivity index (χ4v) is 4.89. The maximum absolute atomic E-state index is 13.2. The Bertz CT molecular complexity index is 360. The Hall–Kier alpha value is -0.570. The van der Waals surface area contributed by atoms with Crippen LogP contribution in [0.25, 0.3) is 0 Å². The first-order valence-electron chi connectivity index (χ1n) is 8.61. The second-order valence-electron chi connectivity index (χ2n) is 7.80. The van der Waals surface area contributed by atoms with Crippen LogP contribution in [0.1, 0.15) is 52.4 Å². The zero-order valence-electron chi connectivity index (χ0n) is 13.2. The Balaban J connectivity index is 1.70. The number of amides is 1. The van der Waals surface area contributed by atoms with Crippen LogP contribution in [0.3, 0.4) is 0 Å². The van der Waals surface area contributed by atoms with Crippen LogP contribution >= 0.6 is 0 Å². The molecule has 2 aliphatic heterocycles. The van der Waals surface area contributed by atoms with Crippen molar-refractivity contribution in [3.05, 3.63) is 0 Å². The molecule has 1 amide bonds. The van der Waals surface area contributed by atoms with Gasteiger partial charge in [0.25, 0.3) is 0 Å². The molecule has 3 heteroatoms. The maximum atomic E-state index is 13.2. The van der Waals surface area contributed by atoms with Crippen molar-refractivity contribution in [3.63, 3.8) is 0 Å². The van der Waals surface area contributed by atoms with Gasteiger partial charge >= 0.3 is 0 Å². The van der Waals surface area contributed by atoms with Gasteiger partial charge in [0.1, 0.15) is 0 Å². The molecule has 0 bridgehead atoms. The van der Waals surface area contributed by atoms with E-state index >= 15 is 0 Å². The summed E-state index contributed by atoms with van der Waals surface area (Å²) in [7, 11) is 0. The van der Waals surface area contributed by atoms with Crippen LogP contribution in [0.4, 0.5) is 0 Å². The lowest BCUT2D eigenvalue weighted by Gasteiger charge is -2.40. The zero-order chi connectivity index (χ0) is 14.2. The minimum atomic E-state index is -0.00691. The van der Waals surface area contributed by atoms with Crippen molar-refractivity contribution in [1.82, 2.24) is 10.2 Å². The molecule has 3 rings (SSSR count). The van der Waals surface area contributed by atoms with Crippen molar-refractivity contribution in [3.8, 4) is 0 Å². The smallest absolute Gasteiger partial charge is 0.228 e. The minimum Gasteiger partial charge on any atom is -0.342 e. The van der Waals surface area contributed by atoms with E-state index in [9.17, 15) is 4.79 Å². The molecule has 0 aromatic carbocycles. The topological polar surface area (TPSA) is 32.3 Å². The number of piperidine rings is 1. The van der Waals surface area contributed by atoms with E-state index in [-0.39, 0.29) is 5.41 Å². The molecule has 3 nitrogen and oxygen atoms in total. The fraction of sp³-hybridized carbons (Fsp3) is 0.941. The summed E-state index contributed by atoms with van der Waals surface area (Å²) in [5, 5.41) is 3.50. The van der Waals surface area contributed by atoms with Gasteiger partial charge in [-0.15, -0.1) is 0 Å². The van der Waals surface area contributed by atoms with Gasteiger partial charge in [-0.2, -0.15) is 0 Å². The molecule has 0 aromatic rings. The number of carbonyl (C=O) groups excluding carboxylic acids is 1. The molecule has 1 aliphatic carbocycles. The van der Waals surface area contributed by atoms with Gasteiger partial charge in [-0.25, -0.2) is 0 Å². The molecule has 2 heterocycles. The van der Waals surface area contributed by atoms with Crippen LogP contribution in [-0.2, 0) is 4.79 Å². The van der Waals surface area contributed by atoms with Crippen LogP contribution < -0.4 is 5.32 Å². The molecule has 0 aromatic heterocycles. The third kappa shape index (κ3) is 2.61. The lowest BCUT2D eigenvalue weighted by Crippen LogP contribution is -2.49. The quantitative estimate of drug-likeness (QED) is 0.861. The summed E-state index contributed by atoms with van der Waals surface area (Å²) < 4.78 is 0. The molecule has 0 radical (unpaired) electrons. The second kappa shape index (κ2) is 5.67. The number of nitrogens with zero attached hydrogens (tertiary/aromatic N) is 1. The molecule has 2 saturated heterocycles. The lowest BCUT2D eigenvalue weighted by molar-refractivity contribution is -0.145. The first-order valence-corrected chi connectivity index (χ1v) is 8.61. The Labute approximate surface area is 123 Å². The van der Waals surface area contributed by atoms with Crippen LogP contribution in [0.15, 0.2) is 0 Å². The average Bonchev–Trinajstić information content (AvgIpc) is 3.05. The monoisotopic (exact) mass is 278 g/mol. The number of hydrogen-bond donors (Lipinski definition) is 1. The van der Waals surface area contributed by atoms with Gasteiger partial charge in [0.2, 0.25) is 5.91 Å². The van der Waals surface area contributed by atoms with Gasteiger partial charge in [0.15, 0.2) is 0 Å². The first-order chi connectivity index (χ1) is 9.61.